The number of rotatable bonds is 6. The van der Waals surface area contributed by atoms with Crippen LogP contribution in [0, 0.1) is 17.7 Å². The zero-order chi connectivity index (χ0) is 16.8. The molecule has 1 aromatic rings. The van der Waals surface area contributed by atoms with Gasteiger partial charge in [0.05, 0.1) is 19.6 Å². The summed E-state index contributed by atoms with van der Waals surface area (Å²) < 4.78 is 24.4. The van der Waals surface area contributed by atoms with Gasteiger partial charge in [-0.15, -0.1) is 0 Å². The van der Waals surface area contributed by atoms with Gasteiger partial charge in [0.1, 0.15) is 11.6 Å². The molecule has 1 N–H and O–H groups in total. The molecule has 23 heavy (non-hydrogen) atoms. The Morgan fingerprint density at radius 3 is 2.96 bits per heavy atom. The standard InChI is InChI=1S/C18H26FNO3/c1-12(2)18-13(5-4-8-23-18)11-20-17(21)10-14-9-15(19)6-7-16(14)22-3/h6-7,9,12-13,18H,4-5,8,10-11H2,1-3H3,(H,20,21)/t13-,18-/m0/s1. The number of amides is 1. The molecule has 1 fully saturated rings. The van der Waals surface area contributed by atoms with Crippen LogP contribution in [0.5, 0.6) is 5.75 Å². The van der Waals surface area contributed by atoms with Crippen molar-refractivity contribution in [1.29, 1.82) is 0 Å². The minimum atomic E-state index is -0.367. The average molecular weight is 323 g/mol. The zero-order valence-corrected chi connectivity index (χ0v) is 14.1. The Kier molecular flexibility index (Phi) is 6.39. The van der Waals surface area contributed by atoms with Gasteiger partial charge in [-0.1, -0.05) is 13.8 Å². The van der Waals surface area contributed by atoms with E-state index in [0.29, 0.717) is 29.7 Å². The lowest BCUT2D eigenvalue weighted by Gasteiger charge is -2.34. The lowest BCUT2D eigenvalue weighted by atomic mass is 9.87. The number of nitrogens with one attached hydrogen (secondary N) is 1. The molecule has 2 atom stereocenters. The molecule has 0 unspecified atom stereocenters. The van der Waals surface area contributed by atoms with E-state index < -0.39 is 0 Å². The molecule has 0 bridgehead atoms. The van der Waals surface area contributed by atoms with Crippen molar-refractivity contribution in [2.24, 2.45) is 11.8 Å². The number of hydrogen-bond donors (Lipinski definition) is 1. The highest BCUT2D eigenvalue weighted by molar-refractivity contribution is 5.79. The molecule has 1 aromatic carbocycles. The van der Waals surface area contributed by atoms with E-state index in [4.69, 9.17) is 9.47 Å². The van der Waals surface area contributed by atoms with Crippen molar-refractivity contribution in [2.45, 2.75) is 39.2 Å². The van der Waals surface area contributed by atoms with Gasteiger partial charge in [0.2, 0.25) is 5.91 Å². The van der Waals surface area contributed by atoms with Crippen LogP contribution in [-0.4, -0.2) is 32.3 Å². The van der Waals surface area contributed by atoms with Crippen LogP contribution in [0.1, 0.15) is 32.3 Å². The summed E-state index contributed by atoms with van der Waals surface area (Å²) in [6, 6.07) is 4.22. The van der Waals surface area contributed by atoms with Gasteiger partial charge < -0.3 is 14.8 Å². The molecular weight excluding hydrogens is 297 g/mol. The fraction of sp³-hybridized carbons (Fsp3) is 0.611. The van der Waals surface area contributed by atoms with E-state index in [-0.39, 0.29) is 24.2 Å². The fourth-order valence-corrected chi connectivity index (χ4v) is 3.19. The van der Waals surface area contributed by atoms with E-state index >= 15 is 0 Å². The highest BCUT2D eigenvalue weighted by Gasteiger charge is 2.28. The Morgan fingerprint density at radius 1 is 1.48 bits per heavy atom. The Balaban J connectivity index is 1.91. The minimum absolute atomic E-state index is 0.112. The second kappa shape index (κ2) is 8.29. The van der Waals surface area contributed by atoms with E-state index in [1.807, 2.05) is 0 Å². The van der Waals surface area contributed by atoms with Gasteiger partial charge in [0.25, 0.3) is 0 Å². The summed E-state index contributed by atoms with van der Waals surface area (Å²) in [5.74, 6) is 0.807. The zero-order valence-electron chi connectivity index (χ0n) is 14.1. The highest BCUT2D eigenvalue weighted by atomic mass is 19.1. The maximum absolute atomic E-state index is 13.3. The molecule has 1 heterocycles. The van der Waals surface area contributed by atoms with Gasteiger partial charge >= 0.3 is 0 Å². The molecule has 0 aromatic heterocycles. The Labute approximate surface area is 137 Å². The first-order chi connectivity index (χ1) is 11.0. The molecule has 0 aliphatic carbocycles. The van der Waals surface area contributed by atoms with Crippen LogP contribution in [0.4, 0.5) is 4.39 Å². The predicted molar refractivity (Wildman–Crippen MR) is 87.0 cm³/mol. The second-order valence-corrected chi connectivity index (χ2v) is 6.42. The van der Waals surface area contributed by atoms with E-state index in [1.54, 1.807) is 6.07 Å². The van der Waals surface area contributed by atoms with E-state index in [9.17, 15) is 9.18 Å². The highest BCUT2D eigenvalue weighted by Crippen LogP contribution is 2.26. The molecule has 1 amide bonds. The van der Waals surface area contributed by atoms with Crippen LogP contribution >= 0.6 is 0 Å². The average Bonchev–Trinajstić information content (AvgIpc) is 2.53. The molecule has 0 spiro atoms. The van der Waals surface area contributed by atoms with Crippen molar-refractivity contribution in [3.8, 4) is 5.75 Å². The van der Waals surface area contributed by atoms with Crippen LogP contribution in [0.15, 0.2) is 18.2 Å². The van der Waals surface area contributed by atoms with Gasteiger partial charge in [-0.05, 0) is 37.0 Å². The first-order valence-electron chi connectivity index (χ1n) is 8.22. The monoisotopic (exact) mass is 323 g/mol. The summed E-state index contributed by atoms with van der Waals surface area (Å²) in [7, 11) is 1.52. The van der Waals surface area contributed by atoms with Crippen molar-refractivity contribution in [2.75, 3.05) is 20.3 Å². The molecule has 4 nitrogen and oxygen atoms in total. The van der Waals surface area contributed by atoms with Crippen molar-refractivity contribution >= 4 is 5.91 Å². The van der Waals surface area contributed by atoms with Gasteiger partial charge in [0, 0.05) is 24.6 Å². The third-order valence-electron chi connectivity index (χ3n) is 4.31. The smallest absolute Gasteiger partial charge is 0.224 e. The molecule has 1 aliphatic rings. The van der Waals surface area contributed by atoms with E-state index in [1.165, 1.54) is 19.2 Å². The maximum atomic E-state index is 13.3. The van der Waals surface area contributed by atoms with Crippen LogP contribution in [0.25, 0.3) is 0 Å². The third kappa shape index (κ3) is 4.93. The van der Waals surface area contributed by atoms with Gasteiger partial charge in [-0.3, -0.25) is 4.79 Å². The maximum Gasteiger partial charge on any atom is 0.224 e. The van der Waals surface area contributed by atoms with Gasteiger partial charge in [-0.25, -0.2) is 4.39 Å². The van der Waals surface area contributed by atoms with Crippen molar-refractivity contribution in [3.05, 3.63) is 29.6 Å². The van der Waals surface area contributed by atoms with Crippen molar-refractivity contribution in [1.82, 2.24) is 5.32 Å². The summed E-state index contributed by atoms with van der Waals surface area (Å²) in [6.07, 6.45) is 2.39. The topological polar surface area (TPSA) is 47.6 Å². The minimum Gasteiger partial charge on any atom is -0.496 e. The molecule has 128 valence electrons. The first kappa shape index (κ1) is 17.7. The molecular formula is C18H26FNO3. The van der Waals surface area contributed by atoms with Gasteiger partial charge in [0.15, 0.2) is 0 Å². The van der Waals surface area contributed by atoms with Crippen LogP contribution < -0.4 is 10.1 Å². The summed E-state index contributed by atoms with van der Waals surface area (Å²) >= 11 is 0. The lowest BCUT2D eigenvalue weighted by Crippen LogP contribution is -2.41. The van der Waals surface area contributed by atoms with Crippen LogP contribution in [0.2, 0.25) is 0 Å². The first-order valence-corrected chi connectivity index (χ1v) is 8.22. The van der Waals surface area contributed by atoms with Crippen LogP contribution in [0.3, 0.4) is 0 Å². The normalized spacial score (nSPS) is 21.3. The summed E-state index contributed by atoms with van der Waals surface area (Å²) in [4.78, 5) is 12.2. The number of halogens is 1. The molecule has 0 radical (unpaired) electrons. The number of carbonyl (C=O) groups excluding carboxylic acids is 1. The third-order valence-corrected chi connectivity index (χ3v) is 4.31. The SMILES string of the molecule is COc1ccc(F)cc1CC(=O)NC[C@@H]1CCCO[C@H]1C(C)C. The summed E-state index contributed by atoms with van der Waals surface area (Å²) in [6.45, 7) is 5.68. The Hall–Kier alpha value is -1.62. The predicted octanol–water partition coefficient (Wildman–Crippen LogP) is 2.94. The molecule has 1 saturated heterocycles. The Morgan fingerprint density at radius 2 is 2.26 bits per heavy atom. The second-order valence-electron chi connectivity index (χ2n) is 6.42. The molecule has 2 rings (SSSR count). The van der Waals surface area contributed by atoms with Crippen molar-refractivity contribution in [3.63, 3.8) is 0 Å². The van der Waals surface area contributed by atoms with E-state index in [0.717, 1.165) is 19.4 Å². The fourth-order valence-electron chi connectivity index (χ4n) is 3.19. The number of benzene rings is 1. The summed E-state index contributed by atoms with van der Waals surface area (Å²) in [5.41, 5.74) is 0.560. The summed E-state index contributed by atoms with van der Waals surface area (Å²) in [5, 5.41) is 2.96. The molecule has 0 saturated carbocycles. The van der Waals surface area contributed by atoms with Crippen molar-refractivity contribution < 1.29 is 18.7 Å². The molecule has 1 aliphatic heterocycles. The van der Waals surface area contributed by atoms with Gasteiger partial charge in [-0.2, -0.15) is 0 Å². The molecule has 5 heteroatoms. The van der Waals surface area contributed by atoms with Crippen LogP contribution in [-0.2, 0) is 16.0 Å². The Bertz CT molecular complexity index is 533. The number of hydrogen-bond acceptors (Lipinski definition) is 3. The van der Waals surface area contributed by atoms with E-state index in [2.05, 4.69) is 19.2 Å². The lowest BCUT2D eigenvalue weighted by molar-refractivity contribution is -0.121. The number of ether oxygens (including phenoxy) is 2. The number of carbonyl (C=O) groups is 1. The number of methoxy groups -OCH3 is 1. The largest absolute Gasteiger partial charge is 0.496 e. The quantitative estimate of drug-likeness (QED) is 0.875.